The molecule has 1 rings (SSSR count). The molecule has 11 heavy (non-hydrogen) atoms. The van der Waals surface area contributed by atoms with Gasteiger partial charge in [-0.15, -0.1) is 6.58 Å². The summed E-state index contributed by atoms with van der Waals surface area (Å²) in [7, 11) is 0. The van der Waals surface area contributed by atoms with Crippen LogP contribution in [0.5, 0.6) is 0 Å². The Bertz CT molecular complexity index is 141. The number of nitrogens with zero attached hydrogens (tertiary/aromatic N) is 3. The van der Waals surface area contributed by atoms with Gasteiger partial charge in [-0.3, -0.25) is 4.72 Å². The third kappa shape index (κ3) is 9.06. The molecule has 0 amide bonds. The van der Waals surface area contributed by atoms with Crippen LogP contribution in [-0.2, 0) is 0 Å². The van der Waals surface area contributed by atoms with Crippen LogP contribution in [0.2, 0.25) is 0 Å². The van der Waals surface area contributed by atoms with Gasteiger partial charge in [0.05, 0.1) is 0 Å². The van der Waals surface area contributed by atoms with E-state index in [2.05, 4.69) is 39.1 Å². The number of rotatable bonds is 2. The summed E-state index contributed by atoms with van der Waals surface area (Å²) >= 11 is 3.68. The van der Waals surface area contributed by atoms with E-state index < -0.39 is 0 Å². The van der Waals surface area contributed by atoms with Crippen LogP contribution in [0.15, 0.2) is 31.6 Å². The number of hydrogen-bond donors (Lipinski definition) is 2. The van der Waals surface area contributed by atoms with Crippen LogP contribution in [0.3, 0.4) is 0 Å². The molecule has 1 N–H and O–H groups in total. The molecule has 4 nitrogen and oxygen atoms in total. The van der Waals surface area contributed by atoms with Gasteiger partial charge in [0.15, 0.2) is 0 Å². The fourth-order valence-corrected chi connectivity index (χ4v) is 0.399. The standard InChI is InChI=1S/C3H3N3.C3H7NS/c1-4-2-6-3-5-1;1-2-3-4-5/h1-3H;2,4-5H,1,3H2. The molecule has 0 aliphatic rings. The number of aromatic nitrogens is 3. The van der Waals surface area contributed by atoms with Crippen molar-refractivity contribution in [1.29, 1.82) is 0 Å². The minimum absolute atomic E-state index is 0.767. The van der Waals surface area contributed by atoms with E-state index in [1.807, 2.05) is 0 Å². The zero-order valence-electron chi connectivity index (χ0n) is 6.01. The van der Waals surface area contributed by atoms with E-state index in [9.17, 15) is 0 Å². The highest BCUT2D eigenvalue weighted by molar-refractivity contribution is 7.78. The first-order valence-electron chi connectivity index (χ1n) is 2.94. The average Bonchev–Trinajstić information content (AvgIpc) is 2.10. The van der Waals surface area contributed by atoms with Crippen molar-refractivity contribution in [3.8, 4) is 0 Å². The molecule has 0 aliphatic carbocycles. The third-order valence-electron chi connectivity index (χ3n) is 0.636. The molecular formula is C6H10N4S. The van der Waals surface area contributed by atoms with E-state index in [1.54, 1.807) is 6.08 Å². The normalized spacial score (nSPS) is 7.73. The summed E-state index contributed by atoms with van der Waals surface area (Å²) in [5, 5.41) is 0. The smallest absolute Gasteiger partial charge is 0.119 e. The molecule has 0 radical (unpaired) electrons. The van der Waals surface area contributed by atoms with Gasteiger partial charge in [-0.2, -0.15) is 0 Å². The lowest BCUT2D eigenvalue weighted by molar-refractivity contribution is 1.05. The van der Waals surface area contributed by atoms with Gasteiger partial charge in [0.25, 0.3) is 0 Å². The molecule has 5 heteroatoms. The van der Waals surface area contributed by atoms with Crippen molar-refractivity contribution in [1.82, 2.24) is 19.7 Å². The number of hydrogen-bond acceptors (Lipinski definition) is 5. The van der Waals surface area contributed by atoms with Crippen LogP contribution >= 0.6 is 12.8 Å². The molecule has 1 aromatic rings. The monoisotopic (exact) mass is 170 g/mol. The van der Waals surface area contributed by atoms with Crippen LogP contribution in [-0.4, -0.2) is 21.5 Å². The molecule has 1 aromatic heterocycles. The summed E-state index contributed by atoms with van der Waals surface area (Å²) in [5.41, 5.74) is 0. The molecule has 0 saturated carbocycles. The van der Waals surface area contributed by atoms with E-state index in [1.165, 1.54) is 19.0 Å². The topological polar surface area (TPSA) is 50.7 Å². The minimum Gasteiger partial charge on any atom is -0.263 e. The second kappa shape index (κ2) is 9.06. The summed E-state index contributed by atoms with van der Waals surface area (Å²) in [5.74, 6) is 0. The van der Waals surface area contributed by atoms with E-state index in [-0.39, 0.29) is 0 Å². The number of nitrogens with one attached hydrogen (secondary N) is 1. The zero-order chi connectivity index (χ0) is 8.36. The van der Waals surface area contributed by atoms with Gasteiger partial charge in [0.1, 0.15) is 19.0 Å². The molecule has 0 unspecified atom stereocenters. The Morgan fingerprint density at radius 3 is 1.82 bits per heavy atom. The van der Waals surface area contributed by atoms with E-state index in [0.717, 1.165) is 6.54 Å². The minimum atomic E-state index is 0.767. The Hall–Kier alpha value is -0.940. The fourth-order valence-electron chi connectivity index (χ4n) is 0.269. The lowest BCUT2D eigenvalue weighted by Crippen LogP contribution is -1.93. The molecule has 0 spiro atoms. The lowest BCUT2D eigenvalue weighted by atomic mass is 10.7. The Balaban J connectivity index is 0.000000187. The zero-order valence-corrected chi connectivity index (χ0v) is 6.91. The van der Waals surface area contributed by atoms with Gasteiger partial charge in [-0.25, -0.2) is 15.0 Å². The molecule has 1 heterocycles. The Morgan fingerprint density at radius 2 is 1.73 bits per heavy atom. The van der Waals surface area contributed by atoms with E-state index >= 15 is 0 Å². The molecule has 0 bridgehead atoms. The van der Waals surface area contributed by atoms with Crippen LogP contribution in [0.1, 0.15) is 0 Å². The first-order chi connectivity index (χ1) is 5.41. The third-order valence-corrected chi connectivity index (χ3v) is 0.818. The van der Waals surface area contributed by atoms with E-state index in [4.69, 9.17) is 0 Å². The SMILES string of the molecule is C=CCNS.c1ncncn1. The molecular weight excluding hydrogens is 160 g/mol. The Kier molecular flexibility index (Phi) is 8.29. The summed E-state index contributed by atoms with van der Waals surface area (Å²) in [6.45, 7) is 4.21. The maximum atomic E-state index is 3.68. The Labute approximate surface area is 71.3 Å². The van der Waals surface area contributed by atoms with Crippen molar-refractivity contribution in [3.63, 3.8) is 0 Å². The highest BCUT2D eigenvalue weighted by Gasteiger charge is 1.59. The molecule has 0 aliphatic heterocycles. The maximum Gasteiger partial charge on any atom is 0.119 e. The summed E-state index contributed by atoms with van der Waals surface area (Å²) in [4.78, 5) is 10.7. The van der Waals surface area contributed by atoms with Gasteiger partial charge in [0, 0.05) is 6.54 Å². The largest absolute Gasteiger partial charge is 0.263 e. The highest BCUT2D eigenvalue weighted by atomic mass is 32.1. The fraction of sp³-hybridized carbons (Fsp3) is 0.167. The van der Waals surface area contributed by atoms with Crippen molar-refractivity contribution < 1.29 is 0 Å². The molecule has 0 saturated heterocycles. The highest BCUT2D eigenvalue weighted by Crippen LogP contribution is 1.58. The second-order valence-electron chi connectivity index (χ2n) is 1.44. The van der Waals surface area contributed by atoms with Crippen molar-refractivity contribution in [2.45, 2.75) is 0 Å². The van der Waals surface area contributed by atoms with Gasteiger partial charge >= 0.3 is 0 Å². The summed E-state index contributed by atoms with van der Waals surface area (Å²) in [6.07, 6.45) is 6.06. The first kappa shape index (κ1) is 10.1. The van der Waals surface area contributed by atoms with E-state index in [0.29, 0.717) is 0 Å². The average molecular weight is 170 g/mol. The molecule has 0 aromatic carbocycles. The van der Waals surface area contributed by atoms with Crippen LogP contribution in [0, 0.1) is 0 Å². The Morgan fingerprint density at radius 1 is 1.27 bits per heavy atom. The van der Waals surface area contributed by atoms with Crippen molar-refractivity contribution in [2.75, 3.05) is 6.54 Å². The number of thiol groups is 1. The van der Waals surface area contributed by atoms with Crippen molar-refractivity contribution in [3.05, 3.63) is 31.6 Å². The summed E-state index contributed by atoms with van der Waals surface area (Å²) in [6, 6.07) is 0. The van der Waals surface area contributed by atoms with Gasteiger partial charge < -0.3 is 0 Å². The van der Waals surface area contributed by atoms with Gasteiger partial charge in [-0.05, 0) is 0 Å². The second-order valence-corrected chi connectivity index (χ2v) is 1.76. The predicted molar refractivity (Wildman–Crippen MR) is 47.0 cm³/mol. The van der Waals surface area contributed by atoms with Crippen molar-refractivity contribution in [2.24, 2.45) is 0 Å². The molecule has 0 atom stereocenters. The molecule has 60 valence electrons. The molecule has 0 fully saturated rings. The lowest BCUT2D eigenvalue weighted by Gasteiger charge is -1.78. The predicted octanol–water partition coefficient (Wildman–Crippen LogP) is 0.478. The quantitative estimate of drug-likeness (QED) is 0.500. The van der Waals surface area contributed by atoms with Gasteiger partial charge in [0.2, 0.25) is 0 Å². The first-order valence-corrected chi connectivity index (χ1v) is 3.39. The van der Waals surface area contributed by atoms with Crippen LogP contribution in [0.4, 0.5) is 0 Å². The van der Waals surface area contributed by atoms with Gasteiger partial charge in [-0.1, -0.05) is 18.9 Å². The summed E-state index contributed by atoms with van der Waals surface area (Å²) < 4.78 is 2.59. The van der Waals surface area contributed by atoms with Crippen LogP contribution in [0.25, 0.3) is 0 Å². The van der Waals surface area contributed by atoms with Crippen LogP contribution < -0.4 is 4.72 Å². The van der Waals surface area contributed by atoms with Crippen molar-refractivity contribution >= 4 is 12.8 Å². The maximum absolute atomic E-state index is 3.68.